The van der Waals surface area contributed by atoms with Crippen LogP contribution in [-0.2, 0) is 0 Å². The molecule has 19 heavy (non-hydrogen) atoms. The maximum absolute atomic E-state index is 13.0. The van der Waals surface area contributed by atoms with Crippen LogP contribution in [0.2, 0.25) is 0 Å². The molecule has 1 aromatic heterocycles. The first-order valence-corrected chi connectivity index (χ1v) is 5.93. The zero-order chi connectivity index (χ0) is 14.0. The summed E-state index contributed by atoms with van der Waals surface area (Å²) in [6.45, 7) is 0. The fraction of sp³-hybridized carbons (Fsp3) is 0. The van der Waals surface area contributed by atoms with E-state index in [0.29, 0.717) is 6.07 Å². The molecule has 0 aliphatic carbocycles. The molecule has 0 bridgehead atoms. The number of benzene rings is 1. The molecular formula is C12H7F2NO3S. The van der Waals surface area contributed by atoms with Crippen LogP contribution >= 0.6 is 11.3 Å². The predicted octanol–water partition coefficient (Wildman–Crippen LogP) is 2.98. The minimum atomic E-state index is -1.19. The summed E-state index contributed by atoms with van der Waals surface area (Å²) < 4.78 is 25.9. The Morgan fingerprint density at radius 1 is 1.16 bits per heavy atom. The number of aromatic carboxylic acids is 1. The van der Waals surface area contributed by atoms with Gasteiger partial charge in [-0.3, -0.25) is 4.79 Å². The van der Waals surface area contributed by atoms with E-state index in [9.17, 15) is 18.4 Å². The van der Waals surface area contributed by atoms with Crippen molar-refractivity contribution in [3.05, 3.63) is 52.4 Å². The van der Waals surface area contributed by atoms with Crippen LogP contribution in [0, 0.1) is 11.6 Å². The van der Waals surface area contributed by atoms with Gasteiger partial charge in [0.2, 0.25) is 0 Å². The van der Waals surface area contributed by atoms with Crippen LogP contribution < -0.4 is 5.32 Å². The topological polar surface area (TPSA) is 66.4 Å². The fourth-order valence-corrected chi connectivity index (χ4v) is 2.21. The number of hydrogen-bond acceptors (Lipinski definition) is 3. The molecule has 0 saturated heterocycles. The van der Waals surface area contributed by atoms with Gasteiger partial charge in [-0.15, -0.1) is 11.3 Å². The SMILES string of the molecule is O=C(Nc1sccc1C(=O)O)c1cc(F)cc(F)c1. The first kappa shape index (κ1) is 13.2. The maximum Gasteiger partial charge on any atom is 0.338 e. The minimum Gasteiger partial charge on any atom is -0.478 e. The normalized spacial score (nSPS) is 10.2. The van der Waals surface area contributed by atoms with Gasteiger partial charge in [0.15, 0.2) is 0 Å². The molecule has 0 atom stereocenters. The summed E-state index contributed by atoms with van der Waals surface area (Å²) in [6, 6.07) is 3.71. The lowest BCUT2D eigenvalue weighted by atomic mass is 10.2. The van der Waals surface area contributed by atoms with E-state index in [4.69, 9.17) is 5.11 Å². The highest BCUT2D eigenvalue weighted by molar-refractivity contribution is 7.14. The van der Waals surface area contributed by atoms with Crippen LogP contribution in [0.4, 0.5) is 13.8 Å². The molecule has 98 valence electrons. The lowest BCUT2D eigenvalue weighted by Gasteiger charge is -2.04. The number of hydrogen-bond donors (Lipinski definition) is 2. The number of carboxylic acids is 1. The van der Waals surface area contributed by atoms with Gasteiger partial charge in [-0.25, -0.2) is 13.6 Å². The van der Waals surface area contributed by atoms with Gasteiger partial charge in [-0.05, 0) is 23.6 Å². The zero-order valence-corrected chi connectivity index (χ0v) is 10.1. The maximum atomic E-state index is 13.0. The Bertz CT molecular complexity index is 634. The Hall–Kier alpha value is -2.28. The molecule has 7 heteroatoms. The average Bonchev–Trinajstić information content (AvgIpc) is 2.75. The second-order valence-electron chi connectivity index (χ2n) is 3.58. The Labute approximate surface area is 110 Å². The van der Waals surface area contributed by atoms with Crippen LogP contribution in [0.5, 0.6) is 0 Å². The van der Waals surface area contributed by atoms with Crippen molar-refractivity contribution in [2.75, 3.05) is 5.32 Å². The summed E-state index contributed by atoms with van der Waals surface area (Å²) >= 11 is 1.01. The number of carbonyl (C=O) groups excluding carboxylic acids is 1. The smallest absolute Gasteiger partial charge is 0.338 e. The first-order chi connectivity index (χ1) is 8.97. The van der Waals surface area contributed by atoms with Crippen molar-refractivity contribution in [3.63, 3.8) is 0 Å². The molecule has 2 rings (SSSR count). The number of thiophene rings is 1. The number of amides is 1. The molecule has 1 aromatic carbocycles. The van der Waals surface area contributed by atoms with Crippen molar-refractivity contribution in [2.24, 2.45) is 0 Å². The molecule has 4 nitrogen and oxygen atoms in total. The summed E-state index contributed by atoms with van der Waals surface area (Å²) in [5, 5.41) is 12.8. The van der Waals surface area contributed by atoms with Crippen molar-refractivity contribution >= 4 is 28.2 Å². The largest absolute Gasteiger partial charge is 0.478 e. The van der Waals surface area contributed by atoms with Gasteiger partial charge >= 0.3 is 5.97 Å². The van der Waals surface area contributed by atoms with Crippen LogP contribution in [0.1, 0.15) is 20.7 Å². The summed E-state index contributed by atoms with van der Waals surface area (Å²) in [6.07, 6.45) is 0. The van der Waals surface area contributed by atoms with Gasteiger partial charge < -0.3 is 10.4 Å². The zero-order valence-electron chi connectivity index (χ0n) is 9.31. The van der Waals surface area contributed by atoms with Gasteiger partial charge in [0, 0.05) is 11.6 Å². The molecule has 2 N–H and O–H groups in total. The molecule has 0 radical (unpaired) electrons. The first-order valence-electron chi connectivity index (χ1n) is 5.05. The van der Waals surface area contributed by atoms with Gasteiger partial charge in [0.25, 0.3) is 5.91 Å². The molecule has 2 aromatic rings. The molecule has 0 aliphatic heterocycles. The van der Waals surface area contributed by atoms with Crippen LogP contribution in [0.15, 0.2) is 29.6 Å². The number of rotatable bonds is 3. The van der Waals surface area contributed by atoms with Crippen LogP contribution in [-0.4, -0.2) is 17.0 Å². The third kappa shape index (κ3) is 2.94. The van der Waals surface area contributed by atoms with Crippen LogP contribution in [0.25, 0.3) is 0 Å². The summed E-state index contributed by atoms with van der Waals surface area (Å²) in [7, 11) is 0. The standard InChI is InChI=1S/C12H7F2NO3S/c13-7-3-6(4-8(14)5-7)10(16)15-11-9(12(17)18)1-2-19-11/h1-5H,(H,15,16)(H,17,18). The van der Waals surface area contributed by atoms with Crippen molar-refractivity contribution in [1.29, 1.82) is 0 Å². The number of carbonyl (C=O) groups is 2. The Morgan fingerprint density at radius 2 is 1.79 bits per heavy atom. The summed E-state index contributed by atoms with van der Waals surface area (Å²) in [5.74, 6) is -3.73. The Morgan fingerprint density at radius 3 is 2.37 bits per heavy atom. The summed E-state index contributed by atoms with van der Waals surface area (Å²) in [5.41, 5.74) is -0.294. The van der Waals surface area contributed by atoms with E-state index in [1.807, 2.05) is 0 Å². The number of anilines is 1. The lowest BCUT2D eigenvalue weighted by molar-refractivity contribution is 0.0698. The van der Waals surface area contributed by atoms with E-state index < -0.39 is 23.5 Å². The third-order valence-corrected chi connectivity index (χ3v) is 3.08. The predicted molar refractivity (Wildman–Crippen MR) is 65.6 cm³/mol. The minimum absolute atomic E-state index is 0.0739. The average molecular weight is 283 g/mol. The monoisotopic (exact) mass is 283 g/mol. The quantitative estimate of drug-likeness (QED) is 0.910. The molecule has 0 spiro atoms. The Balaban J connectivity index is 2.25. The Kier molecular flexibility index (Phi) is 3.57. The van der Waals surface area contributed by atoms with Gasteiger partial charge in [-0.1, -0.05) is 0 Å². The van der Waals surface area contributed by atoms with E-state index >= 15 is 0 Å². The molecule has 0 unspecified atom stereocenters. The molecule has 0 fully saturated rings. The van der Waals surface area contributed by atoms with Crippen molar-refractivity contribution in [1.82, 2.24) is 0 Å². The van der Waals surface area contributed by atoms with E-state index in [-0.39, 0.29) is 16.1 Å². The molecule has 1 heterocycles. The second kappa shape index (κ2) is 5.15. The van der Waals surface area contributed by atoms with Crippen molar-refractivity contribution in [2.45, 2.75) is 0 Å². The van der Waals surface area contributed by atoms with Crippen molar-refractivity contribution < 1.29 is 23.5 Å². The van der Waals surface area contributed by atoms with Crippen LogP contribution in [0.3, 0.4) is 0 Å². The third-order valence-electron chi connectivity index (χ3n) is 2.25. The lowest BCUT2D eigenvalue weighted by Crippen LogP contribution is -2.13. The summed E-state index contributed by atoms with van der Waals surface area (Å²) in [4.78, 5) is 22.6. The fourth-order valence-electron chi connectivity index (χ4n) is 1.43. The van der Waals surface area contributed by atoms with Gasteiger partial charge in [-0.2, -0.15) is 0 Å². The van der Waals surface area contributed by atoms with E-state index in [1.165, 1.54) is 11.4 Å². The molecule has 1 amide bonds. The number of halogens is 2. The number of nitrogens with one attached hydrogen (secondary N) is 1. The molecule has 0 aliphatic rings. The van der Waals surface area contributed by atoms with E-state index in [1.54, 1.807) is 0 Å². The molecule has 0 saturated carbocycles. The second-order valence-corrected chi connectivity index (χ2v) is 4.50. The van der Waals surface area contributed by atoms with E-state index in [0.717, 1.165) is 23.5 Å². The van der Waals surface area contributed by atoms with Gasteiger partial charge in [0.05, 0.1) is 5.56 Å². The van der Waals surface area contributed by atoms with Gasteiger partial charge in [0.1, 0.15) is 16.6 Å². The number of carboxylic acid groups (broad SMARTS) is 1. The highest BCUT2D eigenvalue weighted by atomic mass is 32.1. The highest BCUT2D eigenvalue weighted by Gasteiger charge is 2.15. The van der Waals surface area contributed by atoms with Crippen molar-refractivity contribution in [3.8, 4) is 0 Å². The molecular weight excluding hydrogens is 276 g/mol. The highest BCUT2D eigenvalue weighted by Crippen LogP contribution is 2.24. The van der Waals surface area contributed by atoms with E-state index in [2.05, 4.69) is 5.32 Å².